The topological polar surface area (TPSA) is 68.0 Å². The second-order valence-corrected chi connectivity index (χ2v) is 7.76. The minimum atomic E-state index is 0.0671. The van der Waals surface area contributed by atoms with Gasteiger partial charge in [-0.15, -0.1) is 0 Å². The molecule has 0 aromatic carbocycles. The Balaban J connectivity index is 1.44. The van der Waals surface area contributed by atoms with E-state index in [1.54, 1.807) is 18.0 Å². The van der Waals surface area contributed by atoms with Crippen LogP contribution in [0.3, 0.4) is 0 Å². The first-order chi connectivity index (χ1) is 12.6. The summed E-state index contributed by atoms with van der Waals surface area (Å²) in [5, 5.41) is 4.06. The summed E-state index contributed by atoms with van der Waals surface area (Å²) in [5.41, 5.74) is 0. The number of thioether (sulfide) groups is 1. The van der Waals surface area contributed by atoms with Gasteiger partial charge in [0.25, 0.3) is 0 Å². The predicted molar refractivity (Wildman–Crippen MR) is 103 cm³/mol. The van der Waals surface area contributed by atoms with Crippen molar-refractivity contribution in [3.8, 4) is 0 Å². The Kier molecular flexibility index (Phi) is 6.60. The van der Waals surface area contributed by atoms with Crippen LogP contribution in [0.2, 0.25) is 0 Å². The molecule has 0 saturated carbocycles. The van der Waals surface area contributed by atoms with Crippen LogP contribution in [0.1, 0.15) is 31.5 Å². The standard InChI is InChI=1S/C18H28N6OS/c1-15-19-8-13-23(15)11-6-16-5-3-4-10-24(16)17(25)20-9-14-26-18-21-7-12-22(18)2/h7-8,12-13,16H,3-6,9-11,14H2,1-2H3,(H,20,25). The van der Waals surface area contributed by atoms with Crippen LogP contribution in [0.15, 0.2) is 29.9 Å². The maximum Gasteiger partial charge on any atom is 0.317 e. The summed E-state index contributed by atoms with van der Waals surface area (Å²) >= 11 is 1.66. The summed E-state index contributed by atoms with van der Waals surface area (Å²) in [6.45, 7) is 4.44. The van der Waals surface area contributed by atoms with E-state index in [0.717, 1.165) is 49.1 Å². The van der Waals surface area contributed by atoms with Crippen LogP contribution < -0.4 is 5.32 Å². The summed E-state index contributed by atoms with van der Waals surface area (Å²) in [6.07, 6.45) is 11.9. The largest absolute Gasteiger partial charge is 0.337 e. The van der Waals surface area contributed by atoms with Gasteiger partial charge in [-0.2, -0.15) is 0 Å². The number of hydrogen-bond acceptors (Lipinski definition) is 4. The lowest BCUT2D eigenvalue weighted by Gasteiger charge is -2.36. The van der Waals surface area contributed by atoms with Crippen molar-refractivity contribution >= 4 is 17.8 Å². The molecule has 0 spiro atoms. The number of aryl methyl sites for hydroxylation is 3. The third-order valence-corrected chi connectivity index (χ3v) is 5.96. The first kappa shape index (κ1) is 18.8. The fourth-order valence-electron chi connectivity index (χ4n) is 3.39. The molecular formula is C18H28N6OS. The Morgan fingerprint density at radius 2 is 2.15 bits per heavy atom. The average molecular weight is 377 g/mol. The number of amides is 2. The van der Waals surface area contributed by atoms with Crippen molar-refractivity contribution in [3.63, 3.8) is 0 Å². The second-order valence-electron chi connectivity index (χ2n) is 6.70. The van der Waals surface area contributed by atoms with Crippen molar-refractivity contribution in [1.29, 1.82) is 0 Å². The smallest absolute Gasteiger partial charge is 0.317 e. The highest BCUT2D eigenvalue weighted by Gasteiger charge is 2.26. The number of imidazole rings is 2. The molecule has 1 saturated heterocycles. The monoisotopic (exact) mass is 376 g/mol. The van der Waals surface area contributed by atoms with Gasteiger partial charge in [0.15, 0.2) is 5.16 Å². The molecule has 1 atom stereocenters. The zero-order chi connectivity index (χ0) is 18.4. The molecule has 8 heteroatoms. The molecular weight excluding hydrogens is 348 g/mol. The van der Waals surface area contributed by atoms with Crippen LogP contribution in [-0.4, -0.2) is 54.9 Å². The molecule has 0 radical (unpaired) electrons. The minimum absolute atomic E-state index is 0.0671. The van der Waals surface area contributed by atoms with E-state index in [-0.39, 0.29) is 6.03 Å². The Bertz CT molecular complexity index is 712. The number of carbonyl (C=O) groups is 1. The lowest BCUT2D eigenvalue weighted by Crippen LogP contribution is -2.49. The van der Waals surface area contributed by atoms with Gasteiger partial charge in [-0.3, -0.25) is 0 Å². The Morgan fingerprint density at radius 1 is 1.31 bits per heavy atom. The molecule has 3 rings (SSSR count). The van der Waals surface area contributed by atoms with Gasteiger partial charge >= 0.3 is 6.03 Å². The normalized spacial score (nSPS) is 17.5. The molecule has 0 bridgehead atoms. The van der Waals surface area contributed by atoms with Gasteiger partial charge in [-0.1, -0.05) is 11.8 Å². The van der Waals surface area contributed by atoms with Gasteiger partial charge in [-0.25, -0.2) is 14.8 Å². The molecule has 1 aliphatic heterocycles. The number of likely N-dealkylation sites (tertiary alicyclic amines) is 1. The van der Waals surface area contributed by atoms with Crippen LogP contribution in [-0.2, 0) is 13.6 Å². The molecule has 26 heavy (non-hydrogen) atoms. The Hall–Kier alpha value is -1.96. The van der Waals surface area contributed by atoms with Gasteiger partial charge in [-0.05, 0) is 32.6 Å². The van der Waals surface area contributed by atoms with Gasteiger partial charge in [0.1, 0.15) is 5.82 Å². The van der Waals surface area contributed by atoms with E-state index in [4.69, 9.17) is 0 Å². The number of carbonyl (C=O) groups excluding carboxylic acids is 1. The van der Waals surface area contributed by atoms with Crippen molar-refractivity contribution in [2.75, 3.05) is 18.8 Å². The molecule has 2 aromatic heterocycles. The van der Waals surface area contributed by atoms with Gasteiger partial charge in [0.05, 0.1) is 0 Å². The van der Waals surface area contributed by atoms with Crippen molar-refractivity contribution in [3.05, 3.63) is 30.6 Å². The molecule has 0 aliphatic carbocycles. The van der Waals surface area contributed by atoms with Crippen LogP contribution in [0, 0.1) is 6.92 Å². The molecule has 2 aromatic rings. The number of nitrogens with one attached hydrogen (secondary N) is 1. The van der Waals surface area contributed by atoms with Crippen LogP contribution in [0.4, 0.5) is 4.79 Å². The molecule has 7 nitrogen and oxygen atoms in total. The summed E-state index contributed by atoms with van der Waals surface area (Å²) in [4.78, 5) is 23.2. The number of rotatable bonds is 7. The summed E-state index contributed by atoms with van der Waals surface area (Å²) in [7, 11) is 1.98. The Labute approximate surface area is 159 Å². The predicted octanol–water partition coefficient (Wildman–Crippen LogP) is 2.67. The number of nitrogens with zero attached hydrogens (tertiary/aromatic N) is 5. The first-order valence-corrected chi connectivity index (χ1v) is 10.3. The van der Waals surface area contributed by atoms with E-state index >= 15 is 0 Å². The fraction of sp³-hybridized carbons (Fsp3) is 0.611. The molecule has 3 heterocycles. The SMILES string of the molecule is Cc1nccn1CCC1CCCCN1C(=O)NCCSc1nccn1C. The molecule has 1 unspecified atom stereocenters. The van der Waals surface area contributed by atoms with Gasteiger partial charge < -0.3 is 19.4 Å². The third kappa shape index (κ3) is 4.81. The van der Waals surface area contributed by atoms with Crippen molar-refractivity contribution < 1.29 is 4.79 Å². The number of aromatic nitrogens is 4. The van der Waals surface area contributed by atoms with E-state index in [1.807, 2.05) is 42.0 Å². The van der Waals surface area contributed by atoms with Crippen LogP contribution in [0.5, 0.6) is 0 Å². The summed E-state index contributed by atoms with van der Waals surface area (Å²) in [6, 6.07) is 0.380. The zero-order valence-electron chi connectivity index (χ0n) is 15.6. The third-order valence-electron chi connectivity index (χ3n) is 4.90. The second kappa shape index (κ2) is 9.12. The van der Waals surface area contributed by atoms with Crippen LogP contribution in [0.25, 0.3) is 0 Å². The zero-order valence-corrected chi connectivity index (χ0v) is 16.4. The maximum absolute atomic E-state index is 12.6. The highest BCUT2D eigenvalue weighted by molar-refractivity contribution is 7.99. The average Bonchev–Trinajstić information content (AvgIpc) is 3.25. The Morgan fingerprint density at radius 3 is 2.88 bits per heavy atom. The maximum atomic E-state index is 12.6. The first-order valence-electron chi connectivity index (χ1n) is 9.27. The van der Waals surface area contributed by atoms with Gasteiger partial charge in [0, 0.05) is 63.3 Å². The fourth-order valence-corrected chi connectivity index (χ4v) is 4.18. The summed E-state index contributed by atoms with van der Waals surface area (Å²) in [5.74, 6) is 1.85. The minimum Gasteiger partial charge on any atom is -0.337 e. The molecule has 142 valence electrons. The van der Waals surface area contributed by atoms with E-state index in [9.17, 15) is 4.79 Å². The number of hydrogen-bond donors (Lipinski definition) is 1. The molecule has 1 aliphatic rings. The van der Waals surface area contributed by atoms with Crippen molar-refractivity contribution in [2.45, 2.75) is 50.4 Å². The lowest BCUT2D eigenvalue weighted by molar-refractivity contribution is 0.144. The molecule has 1 fully saturated rings. The van der Waals surface area contributed by atoms with E-state index in [0.29, 0.717) is 12.6 Å². The van der Waals surface area contributed by atoms with E-state index < -0.39 is 0 Å². The quantitative estimate of drug-likeness (QED) is 0.596. The molecule has 2 amide bonds. The highest BCUT2D eigenvalue weighted by Crippen LogP contribution is 2.21. The summed E-state index contributed by atoms with van der Waals surface area (Å²) < 4.78 is 4.15. The van der Waals surface area contributed by atoms with E-state index in [1.165, 1.54) is 6.42 Å². The lowest BCUT2D eigenvalue weighted by atomic mass is 9.99. The molecule has 1 N–H and O–H groups in total. The van der Waals surface area contributed by atoms with Gasteiger partial charge in [0.2, 0.25) is 0 Å². The van der Waals surface area contributed by atoms with E-state index in [2.05, 4.69) is 19.9 Å². The van der Waals surface area contributed by atoms with Crippen LogP contribution >= 0.6 is 11.8 Å². The number of piperidine rings is 1. The highest BCUT2D eigenvalue weighted by atomic mass is 32.2. The number of urea groups is 1. The van der Waals surface area contributed by atoms with Crippen molar-refractivity contribution in [2.24, 2.45) is 7.05 Å². The van der Waals surface area contributed by atoms with Crippen molar-refractivity contribution in [1.82, 2.24) is 29.3 Å².